The molecule has 1 saturated heterocycles. The van der Waals surface area contributed by atoms with Crippen LogP contribution in [0.25, 0.3) is 0 Å². The molecule has 0 radical (unpaired) electrons. The number of urea groups is 1. The number of nitrogens with zero attached hydrogens (tertiary/aromatic N) is 4. The molecule has 0 aromatic rings. The Balaban J connectivity index is 2.32. The van der Waals surface area contributed by atoms with Crippen molar-refractivity contribution < 1.29 is 9.59 Å². The lowest BCUT2D eigenvalue weighted by atomic mass is 10.1. The minimum atomic E-state index is -0.448. The number of terminal acetylenes is 1. The number of imide groups is 1. The number of hydrogen-bond donors (Lipinski definition) is 0. The van der Waals surface area contributed by atoms with E-state index in [4.69, 9.17) is 6.42 Å². The highest BCUT2D eigenvalue weighted by atomic mass is 16.2. The molecule has 0 aromatic heterocycles. The van der Waals surface area contributed by atoms with Crippen molar-refractivity contribution in [1.29, 1.82) is 0 Å². The van der Waals surface area contributed by atoms with Crippen LogP contribution < -0.4 is 0 Å². The van der Waals surface area contributed by atoms with Crippen LogP contribution in [-0.2, 0) is 4.79 Å². The van der Waals surface area contributed by atoms with E-state index in [2.05, 4.69) is 10.9 Å². The van der Waals surface area contributed by atoms with Gasteiger partial charge >= 0.3 is 6.03 Å². The number of aliphatic imine (C=N–C) groups is 1. The van der Waals surface area contributed by atoms with Crippen molar-refractivity contribution in [1.82, 2.24) is 14.7 Å². The van der Waals surface area contributed by atoms with E-state index in [-0.39, 0.29) is 12.5 Å². The summed E-state index contributed by atoms with van der Waals surface area (Å²) in [5.41, 5.74) is 0. The quantitative estimate of drug-likeness (QED) is 0.543. The fourth-order valence-electron chi connectivity index (χ4n) is 1.94. The predicted molar refractivity (Wildman–Crippen MR) is 57.5 cm³/mol. The van der Waals surface area contributed by atoms with E-state index in [1.165, 1.54) is 4.90 Å². The highest BCUT2D eigenvalue weighted by Gasteiger charge is 2.48. The first-order chi connectivity index (χ1) is 7.57. The maximum atomic E-state index is 12.0. The van der Waals surface area contributed by atoms with Crippen LogP contribution in [0.1, 0.15) is 0 Å². The second-order valence-corrected chi connectivity index (χ2v) is 3.81. The average molecular weight is 220 g/mol. The monoisotopic (exact) mass is 220 g/mol. The molecule has 6 nitrogen and oxygen atoms in total. The van der Waals surface area contributed by atoms with Crippen LogP contribution in [0.3, 0.4) is 0 Å². The fourth-order valence-corrected chi connectivity index (χ4v) is 1.94. The van der Waals surface area contributed by atoms with Crippen molar-refractivity contribution in [2.45, 2.75) is 12.2 Å². The van der Waals surface area contributed by atoms with E-state index in [9.17, 15) is 9.59 Å². The molecule has 16 heavy (non-hydrogen) atoms. The van der Waals surface area contributed by atoms with E-state index in [0.717, 1.165) is 4.90 Å². The van der Waals surface area contributed by atoms with Crippen molar-refractivity contribution in [3.05, 3.63) is 0 Å². The topological polar surface area (TPSA) is 56.2 Å². The molecule has 2 rings (SSSR count). The van der Waals surface area contributed by atoms with E-state index < -0.39 is 18.2 Å². The molecule has 0 N–H and O–H groups in total. The van der Waals surface area contributed by atoms with Crippen molar-refractivity contribution in [2.24, 2.45) is 4.99 Å². The maximum Gasteiger partial charge on any atom is 0.329 e. The summed E-state index contributed by atoms with van der Waals surface area (Å²) >= 11 is 0. The van der Waals surface area contributed by atoms with Crippen LogP contribution in [0.2, 0.25) is 0 Å². The van der Waals surface area contributed by atoms with Crippen LogP contribution in [0, 0.1) is 12.3 Å². The lowest BCUT2D eigenvalue weighted by Crippen LogP contribution is -2.64. The van der Waals surface area contributed by atoms with Gasteiger partial charge in [-0.1, -0.05) is 5.92 Å². The van der Waals surface area contributed by atoms with Gasteiger partial charge in [0.1, 0.15) is 0 Å². The average Bonchev–Trinajstić information content (AvgIpc) is 2.64. The van der Waals surface area contributed by atoms with E-state index in [1.807, 2.05) is 0 Å². The molecule has 2 atom stereocenters. The second-order valence-electron chi connectivity index (χ2n) is 3.81. The number of rotatable bonds is 1. The Hall–Kier alpha value is -2.03. The molecule has 0 aromatic carbocycles. The van der Waals surface area contributed by atoms with Gasteiger partial charge in [0.15, 0.2) is 12.2 Å². The smallest absolute Gasteiger partial charge is 0.329 e. The van der Waals surface area contributed by atoms with E-state index in [1.54, 1.807) is 25.3 Å². The molecule has 0 bridgehead atoms. The first-order valence-corrected chi connectivity index (χ1v) is 4.84. The van der Waals surface area contributed by atoms with Gasteiger partial charge in [0.2, 0.25) is 0 Å². The molecule has 3 amide bonds. The van der Waals surface area contributed by atoms with Gasteiger partial charge in [-0.3, -0.25) is 9.69 Å². The number of amides is 3. The minimum absolute atomic E-state index is 0.000926. The summed E-state index contributed by atoms with van der Waals surface area (Å²) in [6, 6.07) is -0.840. The Morgan fingerprint density at radius 3 is 2.81 bits per heavy atom. The highest BCUT2D eigenvalue weighted by Crippen LogP contribution is 2.23. The zero-order chi connectivity index (χ0) is 11.9. The predicted octanol–water partition coefficient (Wildman–Crippen LogP) is -0.818. The number of carbonyl (C=O) groups excluding carboxylic acids is 2. The summed E-state index contributed by atoms with van der Waals surface area (Å²) in [5.74, 6) is 2.03. The summed E-state index contributed by atoms with van der Waals surface area (Å²) in [7, 11) is 3.37. The van der Waals surface area contributed by atoms with Gasteiger partial charge in [-0.05, 0) is 0 Å². The van der Waals surface area contributed by atoms with Crippen LogP contribution in [0.4, 0.5) is 4.79 Å². The molecule has 2 aliphatic heterocycles. The van der Waals surface area contributed by atoms with Gasteiger partial charge in [-0.25, -0.2) is 9.79 Å². The largest absolute Gasteiger partial charge is 0.351 e. The molecule has 0 aliphatic carbocycles. The zero-order valence-corrected chi connectivity index (χ0v) is 9.12. The van der Waals surface area contributed by atoms with Crippen molar-refractivity contribution in [3.63, 3.8) is 0 Å². The molecule has 2 unspecified atom stereocenters. The number of fused-ring (bicyclic) bond motifs is 1. The zero-order valence-electron chi connectivity index (χ0n) is 9.12. The normalized spacial score (nSPS) is 28.4. The van der Waals surface area contributed by atoms with Gasteiger partial charge < -0.3 is 9.80 Å². The van der Waals surface area contributed by atoms with Crippen LogP contribution in [-0.4, -0.2) is 65.8 Å². The van der Waals surface area contributed by atoms with Gasteiger partial charge in [-0.15, -0.1) is 6.42 Å². The van der Waals surface area contributed by atoms with Crippen LogP contribution >= 0.6 is 0 Å². The van der Waals surface area contributed by atoms with Gasteiger partial charge in [0.05, 0.1) is 12.9 Å². The van der Waals surface area contributed by atoms with Crippen molar-refractivity contribution >= 4 is 18.3 Å². The first-order valence-electron chi connectivity index (χ1n) is 4.84. The van der Waals surface area contributed by atoms with E-state index >= 15 is 0 Å². The molecule has 2 aliphatic rings. The number of carbonyl (C=O) groups is 2. The van der Waals surface area contributed by atoms with Crippen LogP contribution in [0.15, 0.2) is 4.99 Å². The molecule has 2 heterocycles. The summed E-state index contributed by atoms with van der Waals surface area (Å²) < 4.78 is 0. The lowest BCUT2D eigenvalue weighted by molar-refractivity contribution is -0.136. The lowest BCUT2D eigenvalue weighted by Gasteiger charge is -2.39. The minimum Gasteiger partial charge on any atom is -0.351 e. The Morgan fingerprint density at radius 1 is 1.50 bits per heavy atom. The standard InChI is InChI=1S/C10H12N4O2/c1-4-5-14-9(15)7-8(11-6-12(7)2)13(3)10(14)16/h1,6-8H,5H2,2-3H3. The molecular formula is C10H12N4O2. The molecule has 0 saturated carbocycles. The van der Waals surface area contributed by atoms with Gasteiger partial charge in [0, 0.05) is 14.1 Å². The molecule has 0 spiro atoms. The second kappa shape index (κ2) is 3.52. The Bertz CT molecular complexity index is 412. The maximum absolute atomic E-state index is 12.0. The fraction of sp³-hybridized carbons (Fsp3) is 0.500. The third-order valence-corrected chi connectivity index (χ3v) is 2.82. The Labute approximate surface area is 93.5 Å². The summed E-state index contributed by atoms with van der Waals surface area (Å²) in [5, 5.41) is 0. The molecule has 1 fully saturated rings. The van der Waals surface area contributed by atoms with Gasteiger partial charge in [-0.2, -0.15) is 0 Å². The summed E-state index contributed by atoms with van der Waals surface area (Å²) in [4.78, 5) is 32.2. The third kappa shape index (κ3) is 1.25. The van der Waals surface area contributed by atoms with Crippen LogP contribution in [0.5, 0.6) is 0 Å². The third-order valence-electron chi connectivity index (χ3n) is 2.82. The molecular weight excluding hydrogens is 208 g/mol. The number of hydrogen-bond acceptors (Lipinski definition) is 4. The molecule has 6 heteroatoms. The summed E-state index contributed by atoms with van der Waals surface area (Å²) in [6.07, 6.45) is 6.28. The number of likely N-dealkylation sites (N-methyl/N-ethyl adjacent to an activating group) is 2. The summed E-state index contributed by atoms with van der Waals surface area (Å²) in [6.45, 7) is -0.000926. The Kier molecular flexibility index (Phi) is 2.31. The van der Waals surface area contributed by atoms with Gasteiger partial charge in [0.25, 0.3) is 5.91 Å². The SMILES string of the molecule is C#CCN1C(=O)C2C(N=CN2C)N(C)C1=O. The highest BCUT2D eigenvalue weighted by molar-refractivity contribution is 6.02. The van der Waals surface area contributed by atoms with Crippen molar-refractivity contribution in [2.75, 3.05) is 20.6 Å². The first kappa shape index (κ1) is 10.5. The van der Waals surface area contributed by atoms with Crippen molar-refractivity contribution in [3.8, 4) is 12.3 Å². The van der Waals surface area contributed by atoms with E-state index in [0.29, 0.717) is 0 Å². The Morgan fingerprint density at radius 2 is 2.19 bits per heavy atom. The molecule has 84 valence electrons.